The molecule has 0 amide bonds. The molecule has 3 heteroatoms. The van der Waals surface area contributed by atoms with Crippen LogP contribution in [-0.4, -0.2) is 13.8 Å². The molecule has 84 valence electrons. The standard InChI is InChI=1S/C13H18N2Si/c1-12(10-11-16(2,3)4)14-15-13-8-6-5-7-9-13/h5-9,15H,1-4H3/b14-12+. The number of hydrogen-bond acceptors (Lipinski definition) is 2. The van der Waals surface area contributed by atoms with E-state index in [1.165, 1.54) is 0 Å². The average molecular weight is 230 g/mol. The Hall–Kier alpha value is -1.53. The first-order valence-electron chi connectivity index (χ1n) is 5.36. The molecule has 0 aliphatic heterocycles. The lowest BCUT2D eigenvalue weighted by molar-refractivity contribution is 1.33. The highest BCUT2D eigenvalue weighted by Crippen LogP contribution is 2.04. The van der Waals surface area contributed by atoms with E-state index in [1.807, 2.05) is 37.3 Å². The summed E-state index contributed by atoms with van der Waals surface area (Å²) in [6.07, 6.45) is 0. The van der Waals surface area contributed by atoms with Crippen molar-refractivity contribution in [1.29, 1.82) is 0 Å². The van der Waals surface area contributed by atoms with Crippen molar-refractivity contribution < 1.29 is 0 Å². The molecule has 1 aromatic carbocycles. The molecule has 1 N–H and O–H groups in total. The van der Waals surface area contributed by atoms with Crippen LogP contribution in [0.2, 0.25) is 19.6 Å². The molecule has 0 aliphatic rings. The maximum absolute atomic E-state index is 4.21. The zero-order valence-corrected chi connectivity index (χ0v) is 11.3. The largest absolute Gasteiger partial charge is 0.278 e. The van der Waals surface area contributed by atoms with Crippen molar-refractivity contribution in [3.05, 3.63) is 30.3 Å². The lowest BCUT2D eigenvalue weighted by atomic mass is 10.3. The molecule has 0 heterocycles. The minimum atomic E-state index is -1.30. The van der Waals surface area contributed by atoms with Gasteiger partial charge in [-0.1, -0.05) is 43.8 Å². The Labute approximate surface area is 98.8 Å². The lowest BCUT2D eigenvalue weighted by Crippen LogP contribution is -2.16. The summed E-state index contributed by atoms with van der Waals surface area (Å²) < 4.78 is 0. The molecular formula is C13H18N2Si. The van der Waals surface area contributed by atoms with E-state index in [1.54, 1.807) is 0 Å². The lowest BCUT2D eigenvalue weighted by Gasteiger charge is -2.03. The molecule has 2 nitrogen and oxygen atoms in total. The van der Waals surface area contributed by atoms with Gasteiger partial charge >= 0.3 is 0 Å². The molecule has 0 unspecified atom stereocenters. The van der Waals surface area contributed by atoms with Gasteiger partial charge in [0.1, 0.15) is 13.8 Å². The Morgan fingerprint density at radius 2 is 1.81 bits per heavy atom. The quantitative estimate of drug-likeness (QED) is 0.358. The normalized spacial score (nSPS) is 11.6. The van der Waals surface area contributed by atoms with Crippen LogP contribution >= 0.6 is 0 Å². The highest BCUT2D eigenvalue weighted by Gasteiger charge is 2.07. The van der Waals surface area contributed by atoms with Crippen LogP contribution in [0.25, 0.3) is 0 Å². The van der Waals surface area contributed by atoms with Crippen LogP contribution in [0.1, 0.15) is 6.92 Å². The van der Waals surface area contributed by atoms with Crippen molar-refractivity contribution >= 4 is 19.5 Å². The van der Waals surface area contributed by atoms with E-state index >= 15 is 0 Å². The minimum absolute atomic E-state index is 0.825. The maximum Gasteiger partial charge on any atom is 0.129 e. The van der Waals surface area contributed by atoms with Gasteiger partial charge in [0.15, 0.2) is 0 Å². The number of rotatable bonds is 2. The minimum Gasteiger partial charge on any atom is -0.278 e. The maximum atomic E-state index is 4.21. The number of hydrazone groups is 1. The number of nitrogens with zero attached hydrogens (tertiary/aromatic N) is 1. The Kier molecular flexibility index (Phi) is 4.33. The molecule has 1 aromatic rings. The fourth-order valence-corrected chi connectivity index (χ4v) is 1.52. The number of para-hydroxylation sites is 1. The van der Waals surface area contributed by atoms with Gasteiger partial charge in [0.2, 0.25) is 0 Å². The van der Waals surface area contributed by atoms with Crippen molar-refractivity contribution in [2.75, 3.05) is 5.43 Å². The summed E-state index contributed by atoms with van der Waals surface area (Å²) in [6, 6.07) is 9.88. The molecule has 0 bridgehead atoms. The van der Waals surface area contributed by atoms with Crippen LogP contribution in [0.15, 0.2) is 35.4 Å². The highest BCUT2D eigenvalue weighted by molar-refractivity contribution is 6.84. The van der Waals surface area contributed by atoms with E-state index in [2.05, 4.69) is 41.6 Å². The number of anilines is 1. The Morgan fingerprint density at radius 1 is 1.19 bits per heavy atom. The first-order chi connectivity index (χ1) is 7.47. The zero-order valence-electron chi connectivity index (χ0n) is 10.3. The van der Waals surface area contributed by atoms with Crippen molar-refractivity contribution in [2.45, 2.75) is 26.6 Å². The van der Waals surface area contributed by atoms with Gasteiger partial charge in [-0.05, 0) is 19.1 Å². The second kappa shape index (κ2) is 5.52. The van der Waals surface area contributed by atoms with E-state index < -0.39 is 8.07 Å². The summed E-state index contributed by atoms with van der Waals surface area (Å²) in [5.74, 6) is 3.09. The molecule has 0 fully saturated rings. The monoisotopic (exact) mass is 230 g/mol. The molecule has 0 saturated carbocycles. The van der Waals surface area contributed by atoms with Crippen LogP contribution in [-0.2, 0) is 0 Å². The first kappa shape index (κ1) is 12.5. The Balaban J connectivity index is 2.61. The van der Waals surface area contributed by atoms with Crippen LogP contribution in [0.4, 0.5) is 5.69 Å². The van der Waals surface area contributed by atoms with Gasteiger partial charge in [-0.25, -0.2) is 0 Å². The zero-order chi connectivity index (χ0) is 12.0. The molecule has 16 heavy (non-hydrogen) atoms. The van der Waals surface area contributed by atoms with Crippen molar-refractivity contribution in [1.82, 2.24) is 0 Å². The van der Waals surface area contributed by atoms with Gasteiger partial charge < -0.3 is 0 Å². The van der Waals surface area contributed by atoms with Crippen LogP contribution in [0, 0.1) is 11.5 Å². The van der Waals surface area contributed by atoms with E-state index in [4.69, 9.17) is 0 Å². The topological polar surface area (TPSA) is 24.4 Å². The van der Waals surface area contributed by atoms with E-state index in [0.717, 1.165) is 11.4 Å². The summed E-state index contributed by atoms with van der Waals surface area (Å²) in [6.45, 7) is 8.58. The van der Waals surface area contributed by atoms with Gasteiger partial charge in [-0.15, -0.1) is 5.54 Å². The summed E-state index contributed by atoms with van der Waals surface area (Å²) in [5.41, 5.74) is 8.07. The predicted molar refractivity (Wildman–Crippen MR) is 74.3 cm³/mol. The molecule has 0 aromatic heterocycles. The SMILES string of the molecule is C/C(C#C[Si](C)(C)C)=N\Nc1ccccc1. The van der Waals surface area contributed by atoms with Crippen LogP contribution < -0.4 is 5.43 Å². The van der Waals surface area contributed by atoms with E-state index in [0.29, 0.717) is 0 Å². The molecule has 0 spiro atoms. The third-order valence-electron chi connectivity index (χ3n) is 1.74. The van der Waals surface area contributed by atoms with Gasteiger partial charge in [-0.2, -0.15) is 5.10 Å². The molecular weight excluding hydrogens is 212 g/mol. The summed E-state index contributed by atoms with van der Waals surface area (Å²) in [4.78, 5) is 0. The van der Waals surface area contributed by atoms with Gasteiger partial charge in [-0.3, -0.25) is 5.43 Å². The van der Waals surface area contributed by atoms with E-state index in [-0.39, 0.29) is 0 Å². The van der Waals surface area contributed by atoms with E-state index in [9.17, 15) is 0 Å². The summed E-state index contributed by atoms with van der Waals surface area (Å²) in [7, 11) is -1.30. The molecule has 0 radical (unpaired) electrons. The third-order valence-corrected chi connectivity index (χ3v) is 2.62. The van der Waals surface area contributed by atoms with Gasteiger partial charge in [0, 0.05) is 0 Å². The Morgan fingerprint density at radius 3 is 2.38 bits per heavy atom. The molecule has 1 rings (SSSR count). The average Bonchev–Trinajstić information content (AvgIpc) is 2.24. The second-order valence-corrected chi connectivity index (χ2v) is 9.43. The summed E-state index contributed by atoms with van der Waals surface area (Å²) in [5, 5.41) is 4.21. The smallest absolute Gasteiger partial charge is 0.129 e. The molecule has 0 atom stereocenters. The fraction of sp³-hybridized carbons (Fsp3) is 0.308. The third kappa shape index (κ3) is 5.37. The van der Waals surface area contributed by atoms with Gasteiger partial charge in [0.25, 0.3) is 0 Å². The van der Waals surface area contributed by atoms with Crippen molar-refractivity contribution in [2.24, 2.45) is 5.10 Å². The molecule has 0 saturated heterocycles. The fourth-order valence-electron chi connectivity index (χ4n) is 0.967. The van der Waals surface area contributed by atoms with Crippen LogP contribution in [0.5, 0.6) is 0 Å². The number of nitrogens with one attached hydrogen (secondary N) is 1. The number of hydrogen-bond donors (Lipinski definition) is 1. The van der Waals surface area contributed by atoms with Crippen molar-refractivity contribution in [3.8, 4) is 11.5 Å². The first-order valence-corrected chi connectivity index (χ1v) is 8.86. The van der Waals surface area contributed by atoms with Crippen molar-refractivity contribution in [3.63, 3.8) is 0 Å². The summed E-state index contributed by atoms with van der Waals surface area (Å²) >= 11 is 0. The van der Waals surface area contributed by atoms with Crippen LogP contribution in [0.3, 0.4) is 0 Å². The second-order valence-electron chi connectivity index (χ2n) is 4.68. The number of benzene rings is 1. The highest BCUT2D eigenvalue weighted by atomic mass is 28.3. The van der Waals surface area contributed by atoms with Gasteiger partial charge in [0.05, 0.1) is 5.69 Å². The molecule has 0 aliphatic carbocycles. The Bertz CT molecular complexity index is 419. The predicted octanol–water partition coefficient (Wildman–Crippen LogP) is 3.36.